The molecule has 0 bridgehead atoms. The fourth-order valence-electron chi connectivity index (χ4n) is 2.02. The normalized spacial score (nSPS) is 18.9. The number of amides is 1. The molecule has 1 atom stereocenters. The van der Waals surface area contributed by atoms with Gasteiger partial charge >= 0.3 is 0 Å². The minimum Gasteiger partial charge on any atom is -0.350 e. The average molecular weight is 244 g/mol. The summed E-state index contributed by atoms with van der Waals surface area (Å²) in [5, 5.41) is 14.8. The van der Waals surface area contributed by atoms with Crippen molar-refractivity contribution in [2.75, 3.05) is 19.6 Å². The lowest BCUT2D eigenvalue weighted by Gasteiger charge is -2.22. The molecule has 1 aliphatic heterocycles. The number of hydrogen-bond acceptors (Lipinski definition) is 4. The van der Waals surface area contributed by atoms with Gasteiger partial charge in [-0.1, -0.05) is 0 Å². The van der Waals surface area contributed by atoms with Crippen molar-refractivity contribution in [1.82, 2.24) is 15.6 Å². The maximum atomic E-state index is 11.8. The minimum atomic E-state index is -0.176. The van der Waals surface area contributed by atoms with Crippen LogP contribution in [0.3, 0.4) is 0 Å². The highest BCUT2D eigenvalue weighted by molar-refractivity contribution is 5.92. The van der Waals surface area contributed by atoms with E-state index in [2.05, 4.69) is 15.6 Å². The molecule has 0 radical (unpaired) electrons. The van der Waals surface area contributed by atoms with Crippen molar-refractivity contribution < 1.29 is 4.79 Å². The van der Waals surface area contributed by atoms with Gasteiger partial charge in [0.1, 0.15) is 11.8 Å². The first-order valence-electron chi connectivity index (χ1n) is 6.14. The molecule has 1 unspecified atom stereocenters. The number of nitrogens with zero attached hydrogens (tertiary/aromatic N) is 2. The lowest BCUT2D eigenvalue weighted by Crippen LogP contribution is -2.38. The molecule has 1 aliphatic rings. The third-order valence-electron chi connectivity index (χ3n) is 3.08. The molecular formula is C13H16N4O. The van der Waals surface area contributed by atoms with Crippen LogP contribution in [-0.2, 0) is 0 Å². The first-order valence-corrected chi connectivity index (χ1v) is 6.14. The Balaban J connectivity index is 1.85. The molecule has 2 N–H and O–H groups in total. The maximum Gasteiger partial charge on any atom is 0.269 e. The van der Waals surface area contributed by atoms with Crippen LogP contribution in [0.25, 0.3) is 0 Å². The van der Waals surface area contributed by atoms with Crippen molar-refractivity contribution in [2.45, 2.75) is 12.8 Å². The monoisotopic (exact) mass is 244 g/mol. The number of rotatable bonds is 3. The van der Waals surface area contributed by atoms with Gasteiger partial charge in [0, 0.05) is 12.7 Å². The molecule has 1 saturated heterocycles. The summed E-state index contributed by atoms with van der Waals surface area (Å²) in [7, 11) is 0. The standard InChI is InChI=1S/C13H16N4O/c14-6-10-3-4-12(16-8-10)13(18)17-9-11-2-1-5-15-7-11/h3-4,8,11,15H,1-2,5,7,9H2,(H,17,18). The lowest BCUT2D eigenvalue weighted by atomic mass is 10.00. The first-order chi connectivity index (χ1) is 8.79. The van der Waals surface area contributed by atoms with Gasteiger partial charge in [-0.15, -0.1) is 0 Å². The van der Waals surface area contributed by atoms with Gasteiger partial charge in [0.15, 0.2) is 0 Å². The van der Waals surface area contributed by atoms with E-state index in [0.717, 1.165) is 25.9 Å². The molecule has 5 heteroatoms. The SMILES string of the molecule is N#Cc1ccc(C(=O)NCC2CCCNC2)nc1. The van der Waals surface area contributed by atoms with Crippen LogP contribution in [0.1, 0.15) is 28.9 Å². The highest BCUT2D eigenvalue weighted by Gasteiger charge is 2.14. The molecule has 0 aliphatic carbocycles. The molecular weight excluding hydrogens is 228 g/mol. The number of pyridine rings is 1. The molecule has 18 heavy (non-hydrogen) atoms. The van der Waals surface area contributed by atoms with Crippen LogP contribution in [0.15, 0.2) is 18.3 Å². The second-order valence-corrected chi connectivity index (χ2v) is 4.47. The van der Waals surface area contributed by atoms with E-state index in [0.29, 0.717) is 23.7 Å². The molecule has 1 fully saturated rings. The van der Waals surface area contributed by atoms with E-state index in [-0.39, 0.29) is 5.91 Å². The molecule has 5 nitrogen and oxygen atoms in total. The van der Waals surface area contributed by atoms with E-state index in [1.165, 1.54) is 6.20 Å². The molecule has 1 aromatic rings. The van der Waals surface area contributed by atoms with Crippen LogP contribution >= 0.6 is 0 Å². The number of hydrogen-bond donors (Lipinski definition) is 2. The number of nitriles is 1. The zero-order valence-electron chi connectivity index (χ0n) is 10.1. The predicted molar refractivity (Wildman–Crippen MR) is 66.9 cm³/mol. The molecule has 0 aromatic carbocycles. The fourth-order valence-corrected chi connectivity index (χ4v) is 2.02. The molecule has 1 amide bonds. The summed E-state index contributed by atoms with van der Waals surface area (Å²) in [4.78, 5) is 15.8. The summed E-state index contributed by atoms with van der Waals surface area (Å²) >= 11 is 0. The Morgan fingerprint density at radius 2 is 2.50 bits per heavy atom. The molecule has 0 saturated carbocycles. The largest absolute Gasteiger partial charge is 0.350 e. The zero-order valence-corrected chi connectivity index (χ0v) is 10.1. The Morgan fingerprint density at radius 3 is 3.11 bits per heavy atom. The maximum absolute atomic E-state index is 11.8. The third kappa shape index (κ3) is 3.28. The van der Waals surface area contributed by atoms with Crippen molar-refractivity contribution in [3.63, 3.8) is 0 Å². The van der Waals surface area contributed by atoms with Gasteiger partial charge in [-0.25, -0.2) is 4.98 Å². The van der Waals surface area contributed by atoms with E-state index in [1.807, 2.05) is 6.07 Å². The number of piperidine rings is 1. The van der Waals surface area contributed by atoms with E-state index >= 15 is 0 Å². The molecule has 2 heterocycles. The van der Waals surface area contributed by atoms with Crippen molar-refractivity contribution in [2.24, 2.45) is 5.92 Å². The van der Waals surface area contributed by atoms with Gasteiger partial charge in [0.05, 0.1) is 5.56 Å². The van der Waals surface area contributed by atoms with Crippen molar-refractivity contribution in [1.29, 1.82) is 5.26 Å². The van der Waals surface area contributed by atoms with Crippen molar-refractivity contribution >= 4 is 5.91 Å². The molecule has 2 rings (SSSR count). The van der Waals surface area contributed by atoms with Gasteiger partial charge < -0.3 is 10.6 Å². The van der Waals surface area contributed by atoms with Gasteiger partial charge in [0.25, 0.3) is 5.91 Å². The summed E-state index contributed by atoms with van der Waals surface area (Å²) in [6, 6.07) is 5.15. The minimum absolute atomic E-state index is 0.176. The predicted octanol–water partition coefficient (Wildman–Crippen LogP) is 0.683. The van der Waals surface area contributed by atoms with Crippen molar-refractivity contribution in [3.8, 4) is 6.07 Å². The van der Waals surface area contributed by atoms with Crippen LogP contribution in [0.2, 0.25) is 0 Å². The Morgan fingerprint density at radius 1 is 1.61 bits per heavy atom. The summed E-state index contributed by atoms with van der Waals surface area (Å²) in [5.74, 6) is 0.325. The molecule has 1 aromatic heterocycles. The second kappa shape index (κ2) is 6.12. The van der Waals surface area contributed by atoms with E-state index < -0.39 is 0 Å². The van der Waals surface area contributed by atoms with Crippen LogP contribution in [0.4, 0.5) is 0 Å². The average Bonchev–Trinajstić information content (AvgIpc) is 2.46. The fraction of sp³-hybridized carbons (Fsp3) is 0.462. The zero-order chi connectivity index (χ0) is 12.8. The third-order valence-corrected chi connectivity index (χ3v) is 3.08. The number of aromatic nitrogens is 1. The summed E-state index contributed by atoms with van der Waals surface area (Å²) in [5.41, 5.74) is 0.820. The number of carbonyl (C=O) groups is 1. The summed E-state index contributed by atoms with van der Waals surface area (Å²) in [6.07, 6.45) is 3.72. The number of nitrogens with one attached hydrogen (secondary N) is 2. The summed E-state index contributed by atoms with van der Waals surface area (Å²) < 4.78 is 0. The van der Waals surface area contributed by atoms with Crippen LogP contribution in [0.5, 0.6) is 0 Å². The highest BCUT2D eigenvalue weighted by Crippen LogP contribution is 2.08. The van der Waals surface area contributed by atoms with Gasteiger partial charge in [-0.05, 0) is 44.0 Å². The second-order valence-electron chi connectivity index (χ2n) is 4.47. The quantitative estimate of drug-likeness (QED) is 0.819. The van der Waals surface area contributed by atoms with Gasteiger partial charge in [-0.2, -0.15) is 5.26 Å². The highest BCUT2D eigenvalue weighted by atomic mass is 16.1. The van der Waals surface area contributed by atoms with Crippen LogP contribution < -0.4 is 10.6 Å². The Hall–Kier alpha value is -1.93. The number of carbonyl (C=O) groups excluding carboxylic acids is 1. The first kappa shape index (κ1) is 12.5. The van der Waals surface area contributed by atoms with E-state index in [9.17, 15) is 4.79 Å². The topological polar surface area (TPSA) is 77.8 Å². The van der Waals surface area contributed by atoms with Gasteiger partial charge in [-0.3, -0.25) is 4.79 Å². The molecule has 94 valence electrons. The summed E-state index contributed by atoms with van der Waals surface area (Å²) in [6.45, 7) is 2.70. The van der Waals surface area contributed by atoms with E-state index in [4.69, 9.17) is 5.26 Å². The Bertz CT molecular complexity index is 443. The smallest absolute Gasteiger partial charge is 0.269 e. The Kier molecular flexibility index (Phi) is 4.26. The van der Waals surface area contributed by atoms with Crippen molar-refractivity contribution in [3.05, 3.63) is 29.6 Å². The van der Waals surface area contributed by atoms with Crippen LogP contribution in [0, 0.1) is 17.2 Å². The van der Waals surface area contributed by atoms with E-state index in [1.54, 1.807) is 12.1 Å². The van der Waals surface area contributed by atoms with Crippen LogP contribution in [-0.4, -0.2) is 30.5 Å². The van der Waals surface area contributed by atoms with Gasteiger partial charge in [0.2, 0.25) is 0 Å². The Labute approximate surface area is 106 Å². The molecule has 0 spiro atoms. The lowest BCUT2D eigenvalue weighted by molar-refractivity contribution is 0.0940.